The number of benzene rings is 1. The molecule has 1 aliphatic carbocycles. The van der Waals surface area contributed by atoms with Crippen LogP contribution < -0.4 is 10.1 Å². The second-order valence-corrected chi connectivity index (χ2v) is 9.98. The molecule has 0 spiro atoms. The van der Waals surface area contributed by atoms with Crippen molar-refractivity contribution in [1.82, 2.24) is 10.2 Å². The van der Waals surface area contributed by atoms with Crippen molar-refractivity contribution >= 4 is 6.09 Å². The molecule has 0 bridgehead atoms. The number of aryl methyl sites for hydroxylation is 1. The highest BCUT2D eigenvalue weighted by Crippen LogP contribution is 2.47. The highest BCUT2D eigenvalue weighted by molar-refractivity contribution is 5.72. The van der Waals surface area contributed by atoms with Gasteiger partial charge >= 0.3 is 6.09 Å². The maximum absolute atomic E-state index is 12.7. The number of carbonyl (C=O) groups excluding carboxylic acids is 1. The van der Waals surface area contributed by atoms with Crippen molar-refractivity contribution in [3.05, 3.63) is 34.9 Å². The minimum Gasteiger partial charge on any atom is -0.507 e. The first-order chi connectivity index (χ1) is 15.3. The molecule has 4 atom stereocenters. The number of phenolic OH excluding ortho intramolecular Hbond substituents is 1. The van der Waals surface area contributed by atoms with E-state index in [2.05, 4.69) is 50.9 Å². The number of rotatable bonds is 10. The van der Waals surface area contributed by atoms with Crippen LogP contribution in [0.15, 0.2) is 23.8 Å². The smallest absolute Gasteiger partial charge is 0.412 e. The van der Waals surface area contributed by atoms with Crippen LogP contribution in [0.1, 0.15) is 83.8 Å². The zero-order chi connectivity index (χ0) is 23.3. The molecule has 0 aromatic heterocycles. The zero-order valence-electron chi connectivity index (χ0n) is 20.6. The average molecular weight is 443 g/mol. The fourth-order valence-electron chi connectivity index (χ4n) is 5.08. The number of hydrogen-bond donors (Lipinski definition) is 2. The van der Waals surface area contributed by atoms with E-state index in [4.69, 9.17) is 4.74 Å². The monoisotopic (exact) mass is 442 g/mol. The third kappa shape index (κ3) is 6.28. The Kier molecular flexibility index (Phi) is 8.64. The molecule has 1 aromatic carbocycles. The Bertz CT molecular complexity index is 817. The third-order valence-electron chi connectivity index (χ3n) is 7.15. The first-order valence-corrected chi connectivity index (χ1v) is 12.6. The molecule has 3 rings (SSSR count). The molecule has 1 saturated heterocycles. The second kappa shape index (κ2) is 11.2. The molecule has 1 heterocycles. The molecule has 0 saturated carbocycles. The van der Waals surface area contributed by atoms with Crippen LogP contribution in [0.25, 0.3) is 0 Å². The van der Waals surface area contributed by atoms with Crippen LogP contribution in [0.5, 0.6) is 11.5 Å². The van der Waals surface area contributed by atoms with Gasteiger partial charge in [-0.2, -0.15) is 0 Å². The van der Waals surface area contributed by atoms with Crippen molar-refractivity contribution in [3.8, 4) is 11.5 Å². The van der Waals surface area contributed by atoms with Gasteiger partial charge in [-0.1, -0.05) is 52.2 Å². The number of unbranched alkanes of at least 4 members (excludes halogenated alkanes) is 2. The zero-order valence-corrected chi connectivity index (χ0v) is 20.6. The van der Waals surface area contributed by atoms with E-state index < -0.39 is 6.09 Å². The first kappa shape index (κ1) is 24.6. The number of amides is 1. The lowest BCUT2D eigenvalue weighted by atomic mass is 9.71. The molecule has 5 nitrogen and oxygen atoms in total. The molecule has 2 N–H and O–H groups in total. The quantitative estimate of drug-likeness (QED) is 0.264. The van der Waals surface area contributed by atoms with Gasteiger partial charge in [-0.15, -0.1) is 0 Å². The predicted molar refractivity (Wildman–Crippen MR) is 130 cm³/mol. The summed E-state index contributed by atoms with van der Waals surface area (Å²) in [6, 6.07) is 4.28. The standard InChI is InChI=1S/C27H42N2O3/c1-6-8-9-10-20-14-24(30)26(23-13-19(5)11-12-22(23)18(3)4)25(15-20)32-27(31)28-16-21-17-29(21)7-2/h13-15,18,21-23,30H,6-12,16-17H2,1-5H3,(H,28,31)/t21?,22-,23+,29?/m0/s1. The maximum Gasteiger partial charge on any atom is 0.412 e. The predicted octanol–water partition coefficient (Wildman–Crippen LogP) is 6.01. The number of likely N-dealkylation sites (N-methyl/N-ethyl adjacent to an activating group) is 1. The van der Waals surface area contributed by atoms with Gasteiger partial charge in [-0.05, 0) is 68.7 Å². The van der Waals surface area contributed by atoms with Crippen molar-refractivity contribution in [2.24, 2.45) is 11.8 Å². The third-order valence-corrected chi connectivity index (χ3v) is 7.15. The van der Waals surface area contributed by atoms with E-state index in [1.165, 1.54) is 5.57 Å². The minimum absolute atomic E-state index is 0.0512. The lowest BCUT2D eigenvalue weighted by molar-refractivity contribution is 0.198. The molecule has 2 unspecified atom stereocenters. The molecule has 1 amide bonds. The Morgan fingerprint density at radius 3 is 2.72 bits per heavy atom. The average Bonchev–Trinajstić information content (AvgIpc) is 3.51. The van der Waals surface area contributed by atoms with Gasteiger partial charge in [-0.25, -0.2) is 4.79 Å². The number of aromatic hydroxyl groups is 1. The Hall–Kier alpha value is -2.01. The highest BCUT2D eigenvalue weighted by Gasteiger charge is 2.34. The summed E-state index contributed by atoms with van der Waals surface area (Å²) in [6.45, 7) is 13.6. The van der Waals surface area contributed by atoms with Gasteiger partial charge in [0.1, 0.15) is 11.5 Å². The first-order valence-electron chi connectivity index (χ1n) is 12.6. The van der Waals surface area contributed by atoms with Crippen molar-refractivity contribution in [2.75, 3.05) is 19.6 Å². The fourth-order valence-corrected chi connectivity index (χ4v) is 5.08. The van der Waals surface area contributed by atoms with Gasteiger partial charge < -0.3 is 15.2 Å². The molecule has 1 aromatic rings. The molecule has 5 heteroatoms. The van der Waals surface area contributed by atoms with E-state index in [-0.39, 0.29) is 11.7 Å². The van der Waals surface area contributed by atoms with Gasteiger partial charge in [0.2, 0.25) is 0 Å². The van der Waals surface area contributed by atoms with Gasteiger partial charge in [0.05, 0.1) is 0 Å². The summed E-state index contributed by atoms with van der Waals surface area (Å²) in [4.78, 5) is 15.0. The summed E-state index contributed by atoms with van der Waals surface area (Å²) in [5.74, 6) is 1.70. The number of ether oxygens (including phenoxy) is 1. The van der Waals surface area contributed by atoms with E-state index in [9.17, 15) is 9.90 Å². The van der Waals surface area contributed by atoms with E-state index in [0.29, 0.717) is 30.2 Å². The second-order valence-electron chi connectivity index (χ2n) is 9.98. The summed E-state index contributed by atoms with van der Waals surface area (Å²) in [7, 11) is 0. The Labute approximate surface area is 194 Å². The van der Waals surface area contributed by atoms with Gasteiger partial charge in [0.15, 0.2) is 0 Å². The van der Waals surface area contributed by atoms with Crippen LogP contribution in [-0.2, 0) is 6.42 Å². The molecular weight excluding hydrogens is 400 g/mol. The molecule has 32 heavy (non-hydrogen) atoms. The molecule has 1 fully saturated rings. The summed E-state index contributed by atoms with van der Waals surface area (Å²) < 4.78 is 5.88. The van der Waals surface area contributed by atoms with Crippen LogP contribution in [0.4, 0.5) is 4.79 Å². The Balaban J connectivity index is 1.86. The SMILES string of the molecule is CCCCCc1cc(O)c([C@@H]2C=C(C)CC[C@H]2C(C)C)c(OC(=O)NCC2CN2CC)c1. The largest absolute Gasteiger partial charge is 0.507 e. The van der Waals surface area contributed by atoms with E-state index in [1.54, 1.807) is 0 Å². The van der Waals surface area contributed by atoms with Crippen molar-refractivity contribution in [1.29, 1.82) is 0 Å². The topological polar surface area (TPSA) is 61.6 Å². The maximum atomic E-state index is 12.7. The fraction of sp³-hybridized carbons (Fsp3) is 0.667. The van der Waals surface area contributed by atoms with Crippen LogP contribution in [0, 0.1) is 11.8 Å². The molecule has 178 valence electrons. The van der Waals surface area contributed by atoms with E-state index in [0.717, 1.165) is 62.7 Å². The number of carbonyl (C=O) groups is 1. The van der Waals surface area contributed by atoms with Gasteiger partial charge in [-0.3, -0.25) is 4.90 Å². The summed E-state index contributed by atoms with van der Waals surface area (Å²) in [6.07, 6.45) is 8.24. The van der Waals surface area contributed by atoms with Crippen LogP contribution >= 0.6 is 0 Å². The molecular formula is C27H42N2O3. The van der Waals surface area contributed by atoms with Crippen LogP contribution in [0.3, 0.4) is 0 Å². The van der Waals surface area contributed by atoms with E-state index in [1.807, 2.05) is 12.1 Å². The van der Waals surface area contributed by atoms with E-state index >= 15 is 0 Å². The van der Waals surface area contributed by atoms with Crippen LogP contribution in [0.2, 0.25) is 0 Å². The number of phenols is 1. The molecule has 0 radical (unpaired) electrons. The molecule has 1 aliphatic heterocycles. The summed E-state index contributed by atoms with van der Waals surface area (Å²) in [5, 5.41) is 14.0. The molecule has 2 aliphatic rings. The van der Waals surface area contributed by atoms with Gasteiger partial charge in [0, 0.05) is 30.6 Å². The number of nitrogens with zero attached hydrogens (tertiary/aromatic N) is 1. The lowest BCUT2D eigenvalue weighted by Gasteiger charge is -2.34. The number of hydrogen-bond acceptors (Lipinski definition) is 4. The van der Waals surface area contributed by atoms with Crippen molar-refractivity contribution < 1.29 is 14.6 Å². The van der Waals surface area contributed by atoms with Crippen molar-refractivity contribution in [3.63, 3.8) is 0 Å². The van der Waals surface area contributed by atoms with Crippen LogP contribution in [-0.4, -0.2) is 41.8 Å². The Morgan fingerprint density at radius 2 is 2.06 bits per heavy atom. The summed E-state index contributed by atoms with van der Waals surface area (Å²) >= 11 is 0. The van der Waals surface area contributed by atoms with Crippen molar-refractivity contribution in [2.45, 2.75) is 85.1 Å². The van der Waals surface area contributed by atoms with Gasteiger partial charge in [0.25, 0.3) is 0 Å². The summed E-state index contributed by atoms with van der Waals surface area (Å²) in [5.41, 5.74) is 3.13. The normalized spacial score (nSPS) is 24.9. The number of allylic oxidation sites excluding steroid dienone is 2. The number of nitrogens with one attached hydrogen (secondary N) is 1. The Morgan fingerprint density at radius 1 is 1.28 bits per heavy atom. The lowest BCUT2D eigenvalue weighted by Crippen LogP contribution is -2.32. The minimum atomic E-state index is -0.433. The highest BCUT2D eigenvalue weighted by atomic mass is 16.6.